The number of likely N-dealkylation sites (N-methyl/N-ethyl adjacent to an activating group) is 1. The summed E-state index contributed by atoms with van der Waals surface area (Å²) in [5.41, 5.74) is 0.917. The molecule has 0 unspecified atom stereocenters. The summed E-state index contributed by atoms with van der Waals surface area (Å²) in [6.45, 7) is 2.59. The number of aromatic nitrogens is 1. The first-order valence-electron chi connectivity index (χ1n) is 5.56. The molecule has 1 aliphatic heterocycles. The minimum atomic E-state index is -0.484. The van der Waals surface area contributed by atoms with Gasteiger partial charge in [-0.2, -0.15) is 0 Å². The molecule has 1 aliphatic rings. The van der Waals surface area contributed by atoms with Crippen LogP contribution in [0.5, 0.6) is 0 Å². The highest BCUT2D eigenvalue weighted by molar-refractivity contribution is 5.85. The number of pyridine rings is 1. The molecule has 0 saturated heterocycles. The molecule has 5 heteroatoms. The highest BCUT2D eigenvalue weighted by atomic mass is 16.5. The van der Waals surface area contributed by atoms with Crippen LogP contribution in [0.3, 0.4) is 0 Å². The molecule has 0 saturated carbocycles. The lowest BCUT2D eigenvalue weighted by molar-refractivity contribution is -0.132. The number of aliphatic imine (C=N–C) groups is 1. The topological polar surface area (TPSA) is 54.8 Å². The van der Waals surface area contributed by atoms with E-state index in [1.54, 1.807) is 24.3 Å². The summed E-state index contributed by atoms with van der Waals surface area (Å²) >= 11 is 0. The van der Waals surface area contributed by atoms with Crippen molar-refractivity contribution in [3.8, 4) is 0 Å². The zero-order chi connectivity index (χ0) is 12.3. The Morgan fingerprint density at radius 1 is 1.47 bits per heavy atom. The van der Waals surface area contributed by atoms with Crippen molar-refractivity contribution >= 4 is 12.3 Å². The number of hydrogen-bond acceptors (Lipinski definition) is 4. The number of carbonyl (C=O) groups excluding carboxylic acids is 1. The molecule has 2 rings (SSSR count). The summed E-state index contributed by atoms with van der Waals surface area (Å²) in [5, 5.41) is 0. The quantitative estimate of drug-likeness (QED) is 0.783. The van der Waals surface area contributed by atoms with Gasteiger partial charge in [-0.1, -0.05) is 0 Å². The maximum Gasteiger partial charge on any atom is 0.251 e. The summed E-state index contributed by atoms with van der Waals surface area (Å²) in [6.07, 6.45) is 4.39. The average Bonchev–Trinajstić information content (AvgIpc) is 2.87. The van der Waals surface area contributed by atoms with E-state index in [1.807, 2.05) is 19.1 Å². The Labute approximate surface area is 100 Å². The van der Waals surface area contributed by atoms with Crippen LogP contribution >= 0.6 is 0 Å². The Balaban J connectivity index is 2.18. The van der Waals surface area contributed by atoms with Crippen LogP contribution in [0, 0.1) is 0 Å². The summed E-state index contributed by atoms with van der Waals surface area (Å²) in [7, 11) is 1.76. The normalized spacial score (nSPS) is 22.2. The molecule has 1 aromatic heterocycles. The molecule has 0 aromatic carbocycles. The molecule has 0 radical (unpaired) electrons. The molecular formula is C12H15N3O2. The lowest BCUT2D eigenvalue weighted by atomic mass is 10.0. The minimum Gasteiger partial charge on any atom is -0.473 e. The first kappa shape index (κ1) is 11.6. The van der Waals surface area contributed by atoms with Crippen molar-refractivity contribution in [3.63, 3.8) is 0 Å². The number of carbonyl (C=O) groups is 1. The number of amides is 1. The van der Waals surface area contributed by atoms with E-state index in [-0.39, 0.29) is 12.0 Å². The van der Waals surface area contributed by atoms with Crippen molar-refractivity contribution in [3.05, 3.63) is 30.1 Å². The fraction of sp³-hybridized carbons (Fsp3) is 0.417. The first-order valence-corrected chi connectivity index (χ1v) is 5.56. The van der Waals surface area contributed by atoms with Gasteiger partial charge in [0.05, 0.1) is 0 Å². The van der Waals surface area contributed by atoms with Gasteiger partial charge < -0.3 is 9.64 Å². The highest BCUT2D eigenvalue weighted by Gasteiger charge is 2.35. The zero-order valence-electron chi connectivity index (χ0n) is 9.91. The molecule has 1 amide bonds. The third-order valence-electron chi connectivity index (χ3n) is 2.85. The van der Waals surface area contributed by atoms with E-state index >= 15 is 0 Å². The zero-order valence-corrected chi connectivity index (χ0v) is 9.91. The molecule has 1 aromatic rings. The van der Waals surface area contributed by atoms with Gasteiger partial charge in [-0.15, -0.1) is 0 Å². The maximum atomic E-state index is 12.1. The Hall–Kier alpha value is -1.91. The van der Waals surface area contributed by atoms with Gasteiger partial charge in [0.1, 0.15) is 0 Å². The van der Waals surface area contributed by atoms with Crippen molar-refractivity contribution in [2.24, 2.45) is 4.99 Å². The van der Waals surface area contributed by atoms with E-state index < -0.39 is 6.04 Å². The van der Waals surface area contributed by atoms with Crippen LogP contribution in [0.1, 0.15) is 18.6 Å². The Morgan fingerprint density at radius 3 is 2.82 bits per heavy atom. The van der Waals surface area contributed by atoms with Crippen LogP contribution in [0.4, 0.5) is 0 Å². The second-order valence-electron chi connectivity index (χ2n) is 3.89. The van der Waals surface area contributed by atoms with Crippen molar-refractivity contribution in [1.82, 2.24) is 9.88 Å². The lowest BCUT2D eigenvalue weighted by Gasteiger charge is -2.21. The molecule has 17 heavy (non-hydrogen) atoms. The van der Waals surface area contributed by atoms with Gasteiger partial charge in [-0.25, -0.2) is 4.99 Å². The largest absolute Gasteiger partial charge is 0.473 e. The van der Waals surface area contributed by atoms with Crippen molar-refractivity contribution in [2.45, 2.75) is 19.1 Å². The summed E-state index contributed by atoms with van der Waals surface area (Å²) in [5.74, 6) is -0.0249. The molecule has 2 heterocycles. The third-order valence-corrected chi connectivity index (χ3v) is 2.85. The van der Waals surface area contributed by atoms with E-state index in [1.165, 1.54) is 6.40 Å². The molecular weight excluding hydrogens is 218 g/mol. The third kappa shape index (κ3) is 2.27. The van der Waals surface area contributed by atoms with Gasteiger partial charge in [0.2, 0.25) is 0 Å². The van der Waals surface area contributed by atoms with Crippen LogP contribution in [-0.4, -0.2) is 41.8 Å². The van der Waals surface area contributed by atoms with Gasteiger partial charge in [0, 0.05) is 26.0 Å². The Bertz CT molecular complexity index is 419. The van der Waals surface area contributed by atoms with E-state index in [9.17, 15) is 4.79 Å². The fourth-order valence-corrected chi connectivity index (χ4v) is 1.71. The van der Waals surface area contributed by atoms with Crippen LogP contribution in [0.25, 0.3) is 0 Å². The monoisotopic (exact) mass is 233 g/mol. The van der Waals surface area contributed by atoms with Gasteiger partial charge in [-0.3, -0.25) is 9.78 Å². The second kappa shape index (κ2) is 4.95. The standard InChI is InChI=1S/C12H15N3O2/c1-3-15(2)12(16)10-11(17-8-14-10)9-4-6-13-7-5-9/h4-8,10-11H,3H2,1-2H3/t10-,11+/m0/s1. The number of rotatable bonds is 3. The van der Waals surface area contributed by atoms with Crippen LogP contribution in [0.15, 0.2) is 29.5 Å². The maximum absolute atomic E-state index is 12.1. The first-order chi connectivity index (χ1) is 8.24. The predicted molar refractivity (Wildman–Crippen MR) is 63.7 cm³/mol. The van der Waals surface area contributed by atoms with E-state index in [2.05, 4.69) is 9.98 Å². The van der Waals surface area contributed by atoms with Crippen molar-refractivity contribution in [1.29, 1.82) is 0 Å². The summed E-state index contributed by atoms with van der Waals surface area (Å²) < 4.78 is 5.40. The Morgan fingerprint density at radius 2 is 2.18 bits per heavy atom. The summed E-state index contributed by atoms with van der Waals surface area (Å²) in [4.78, 5) is 21.8. The highest BCUT2D eigenvalue weighted by Crippen LogP contribution is 2.27. The van der Waals surface area contributed by atoms with E-state index in [0.717, 1.165) is 5.56 Å². The van der Waals surface area contributed by atoms with Crippen molar-refractivity contribution in [2.75, 3.05) is 13.6 Å². The lowest BCUT2D eigenvalue weighted by Crippen LogP contribution is -2.37. The smallest absolute Gasteiger partial charge is 0.251 e. The molecule has 0 spiro atoms. The van der Waals surface area contributed by atoms with E-state index in [0.29, 0.717) is 6.54 Å². The predicted octanol–water partition coefficient (Wildman–Crippen LogP) is 1.03. The Kier molecular flexibility index (Phi) is 3.37. The van der Waals surface area contributed by atoms with Gasteiger partial charge >= 0.3 is 0 Å². The fourth-order valence-electron chi connectivity index (χ4n) is 1.71. The second-order valence-corrected chi connectivity index (χ2v) is 3.89. The number of ether oxygens (including phenoxy) is 1. The minimum absolute atomic E-state index is 0.0249. The summed E-state index contributed by atoms with van der Waals surface area (Å²) in [6, 6.07) is 3.19. The van der Waals surface area contributed by atoms with Gasteiger partial charge in [0.25, 0.3) is 5.91 Å². The van der Waals surface area contributed by atoms with Gasteiger partial charge in [0.15, 0.2) is 18.5 Å². The molecule has 5 nitrogen and oxygen atoms in total. The number of hydrogen-bond donors (Lipinski definition) is 0. The van der Waals surface area contributed by atoms with Crippen LogP contribution < -0.4 is 0 Å². The van der Waals surface area contributed by atoms with Gasteiger partial charge in [-0.05, 0) is 24.6 Å². The molecule has 0 fully saturated rings. The molecule has 90 valence electrons. The SMILES string of the molecule is CCN(C)C(=O)[C@H]1N=CO[C@@H]1c1ccncc1. The van der Waals surface area contributed by atoms with E-state index in [4.69, 9.17) is 4.74 Å². The van der Waals surface area contributed by atoms with Crippen LogP contribution in [-0.2, 0) is 9.53 Å². The molecule has 0 aliphatic carbocycles. The molecule has 2 atom stereocenters. The van der Waals surface area contributed by atoms with Crippen LogP contribution in [0.2, 0.25) is 0 Å². The molecule has 0 bridgehead atoms. The molecule has 0 N–H and O–H groups in total. The number of nitrogens with zero attached hydrogens (tertiary/aromatic N) is 3. The van der Waals surface area contributed by atoms with Crippen molar-refractivity contribution < 1.29 is 9.53 Å². The average molecular weight is 233 g/mol.